The fourth-order valence-electron chi connectivity index (χ4n) is 1.80. The van der Waals surface area contributed by atoms with Crippen molar-refractivity contribution in [2.24, 2.45) is 0 Å². The van der Waals surface area contributed by atoms with Crippen molar-refractivity contribution in [3.8, 4) is 11.1 Å². The Morgan fingerprint density at radius 3 is 1.77 bits per heavy atom. The standard InChI is InChI=1S/C15H11F3O3S/c1-2-11-3-5-12(6-4-11)13-7-9-14(10-8-13)22(19,20)21-15(16,17)18/h2-10H,1H2. The molecule has 0 saturated heterocycles. The van der Waals surface area contributed by atoms with Gasteiger partial charge in [-0.15, -0.1) is 13.2 Å². The first-order chi connectivity index (χ1) is 10.2. The first-order valence-electron chi connectivity index (χ1n) is 6.06. The van der Waals surface area contributed by atoms with E-state index in [0.29, 0.717) is 5.56 Å². The summed E-state index contributed by atoms with van der Waals surface area (Å²) < 4.78 is 62.1. The van der Waals surface area contributed by atoms with E-state index in [4.69, 9.17) is 0 Å². The van der Waals surface area contributed by atoms with Gasteiger partial charge in [-0.3, -0.25) is 0 Å². The molecule has 0 aliphatic carbocycles. The SMILES string of the molecule is C=Cc1ccc(-c2ccc(S(=O)(=O)OC(F)(F)F)cc2)cc1. The monoisotopic (exact) mass is 328 g/mol. The van der Waals surface area contributed by atoms with Crippen LogP contribution in [0.1, 0.15) is 5.56 Å². The molecule has 22 heavy (non-hydrogen) atoms. The highest BCUT2D eigenvalue weighted by molar-refractivity contribution is 7.86. The zero-order chi connectivity index (χ0) is 16.4. The Morgan fingerprint density at radius 2 is 1.36 bits per heavy atom. The quantitative estimate of drug-likeness (QED) is 0.789. The van der Waals surface area contributed by atoms with Gasteiger partial charge in [0, 0.05) is 0 Å². The van der Waals surface area contributed by atoms with E-state index < -0.39 is 21.4 Å². The molecule has 0 aliphatic rings. The van der Waals surface area contributed by atoms with E-state index in [0.717, 1.165) is 23.3 Å². The van der Waals surface area contributed by atoms with Crippen LogP contribution < -0.4 is 0 Å². The fraction of sp³-hybridized carbons (Fsp3) is 0.0667. The normalized spacial score (nSPS) is 12.1. The molecule has 3 nitrogen and oxygen atoms in total. The van der Waals surface area contributed by atoms with Crippen LogP contribution >= 0.6 is 0 Å². The van der Waals surface area contributed by atoms with Gasteiger partial charge >= 0.3 is 16.5 Å². The smallest absolute Gasteiger partial charge is 0.194 e. The van der Waals surface area contributed by atoms with Crippen LogP contribution in [0.5, 0.6) is 0 Å². The van der Waals surface area contributed by atoms with E-state index in [9.17, 15) is 21.6 Å². The Labute approximate surface area is 125 Å². The minimum atomic E-state index is -5.25. The predicted molar refractivity (Wildman–Crippen MR) is 76.3 cm³/mol. The third-order valence-corrected chi connectivity index (χ3v) is 4.08. The molecule has 0 amide bonds. The van der Waals surface area contributed by atoms with Crippen LogP contribution in [0, 0.1) is 0 Å². The van der Waals surface area contributed by atoms with Gasteiger partial charge in [0.25, 0.3) is 0 Å². The Balaban J connectivity index is 2.28. The van der Waals surface area contributed by atoms with Crippen molar-refractivity contribution < 1.29 is 25.8 Å². The number of alkyl halides is 3. The Hall–Kier alpha value is -2.12. The van der Waals surface area contributed by atoms with E-state index in [2.05, 4.69) is 10.8 Å². The molecule has 116 valence electrons. The van der Waals surface area contributed by atoms with Gasteiger partial charge in [0.15, 0.2) is 0 Å². The van der Waals surface area contributed by atoms with Crippen LogP contribution in [0.3, 0.4) is 0 Å². The van der Waals surface area contributed by atoms with Gasteiger partial charge in [0.1, 0.15) is 0 Å². The summed E-state index contributed by atoms with van der Waals surface area (Å²) in [5, 5.41) is 0. The molecule has 7 heteroatoms. The number of halogens is 3. The molecule has 0 bridgehead atoms. The second-order valence-corrected chi connectivity index (χ2v) is 5.88. The maximum Gasteiger partial charge on any atom is 0.537 e. The molecule has 0 saturated carbocycles. The Morgan fingerprint density at radius 1 is 0.909 bits per heavy atom. The van der Waals surface area contributed by atoms with Gasteiger partial charge in [-0.05, 0) is 28.8 Å². The molecule has 2 rings (SSSR count). The van der Waals surface area contributed by atoms with Crippen LogP contribution in [0.4, 0.5) is 13.2 Å². The summed E-state index contributed by atoms with van der Waals surface area (Å²) in [5.74, 6) is 0. The molecule has 0 aromatic heterocycles. The maximum absolute atomic E-state index is 12.0. The summed E-state index contributed by atoms with van der Waals surface area (Å²) in [6, 6.07) is 12.2. The third-order valence-electron chi connectivity index (χ3n) is 2.83. The molecule has 0 spiro atoms. The van der Waals surface area contributed by atoms with Crippen molar-refractivity contribution in [1.29, 1.82) is 0 Å². The lowest BCUT2D eigenvalue weighted by Crippen LogP contribution is -2.19. The van der Waals surface area contributed by atoms with Crippen LogP contribution in [0.25, 0.3) is 17.2 Å². The molecule has 0 radical (unpaired) electrons. The summed E-state index contributed by atoms with van der Waals surface area (Å²) in [6.45, 7) is 3.63. The number of hydrogen-bond donors (Lipinski definition) is 0. The predicted octanol–water partition coefficient (Wildman–Crippen LogP) is 4.22. The topological polar surface area (TPSA) is 43.4 Å². The summed E-state index contributed by atoms with van der Waals surface area (Å²) in [4.78, 5) is -0.559. The van der Waals surface area contributed by atoms with Crippen molar-refractivity contribution in [2.75, 3.05) is 0 Å². The van der Waals surface area contributed by atoms with Gasteiger partial charge < -0.3 is 0 Å². The first-order valence-corrected chi connectivity index (χ1v) is 7.47. The van der Waals surface area contributed by atoms with Crippen molar-refractivity contribution in [3.63, 3.8) is 0 Å². The fourth-order valence-corrected chi connectivity index (χ4v) is 2.61. The average Bonchev–Trinajstić information content (AvgIpc) is 2.45. The zero-order valence-corrected chi connectivity index (χ0v) is 12.0. The van der Waals surface area contributed by atoms with Gasteiger partial charge in [-0.1, -0.05) is 49.1 Å². The number of benzene rings is 2. The summed E-state index contributed by atoms with van der Waals surface area (Å²) >= 11 is 0. The lowest BCUT2D eigenvalue weighted by atomic mass is 10.0. The summed E-state index contributed by atoms with van der Waals surface area (Å²) in [6.07, 6.45) is -3.58. The third kappa shape index (κ3) is 3.96. The van der Waals surface area contributed by atoms with E-state index >= 15 is 0 Å². The lowest BCUT2D eigenvalue weighted by Gasteiger charge is -2.08. The molecular weight excluding hydrogens is 317 g/mol. The van der Waals surface area contributed by atoms with E-state index in [-0.39, 0.29) is 0 Å². The Kier molecular flexibility index (Phi) is 4.39. The van der Waals surface area contributed by atoms with Crippen LogP contribution in [0.15, 0.2) is 60.0 Å². The van der Waals surface area contributed by atoms with Crippen molar-refractivity contribution in [3.05, 3.63) is 60.7 Å². The lowest BCUT2D eigenvalue weighted by molar-refractivity contribution is -0.271. The molecule has 0 heterocycles. The highest BCUT2D eigenvalue weighted by Gasteiger charge is 2.37. The molecule has 0 aliphatic heterocycles. The van der Waals surface area contributed by atoms with Gasteiger partial charge in [0.05, 0.1) is 4.90 Å². The molecule has 0 N–H and O–H groups in total. The van der Waals surface area contributed by atoms with E-state index in [1.54, 1.807) is 18.2 Å². The van der Waals surface area contributed by atoms with E-state index in [1.165, 1.54) is 12.1 Å². The molecule has 2 aromatic rings. The molecule has 0 unspecified atom stereocenters. The second kappa shape index (κ2) is 5.94. The number of rotatable bonds is 4. The van der Waals surface area contributed by atoms with Gasteiger partial charge in [0.2, 0.25) is 0 Å². The largest absolute Gasteiger partial charge is 0.537 e. The van der Waals surface area contributed by atoms with E-state index in [1.807, 2.05) is 12.1 Å². The second-order valence-electron chi connectivity index (χ2n) is 4.33. The molecule has 2 aromatic carbocycles. The Bertz CT molecular complexity index is 761. The minimum Gasteiger partial charge on any atom is -0.194 e. The summed E-state index contributed by atoms with van der Waals surface area (Å²) in [7, 11) is -4.87. The van der Waals surface area contributed by atoms with Gasteiger partial charge in [-0.25, -0.2) is 0 Å². The number of hydrogen-bond acceptors (Lipinski definition) is 3. The molecular formula is C15H11F3O3S. The first kappa shape index (κ1) is 16.3. The zero-order valence-electron chi connectivity index (χ0n) is 11.2. The average molecular weight is 328 g/mol. The van der Waals surface area contributed by atoms with Crippen LogP contribution in [-0.2, 0) is 14.3 Å². The summed E-state index contributed by atoms with van der Waals surface area (Å²) in [5.41, 5.74) is 2.38. The van der Waals surface area contributed by atoms with Crippen LogP contribution in [-0.4, -0.2) is 14.8 Å². The van der Waals surface area contributed by atoms with Crippen molar-refractivity contribution in [1.82, 2.24) is 0 Å². The van der Waals surface area contributed by atoms with Crippen LogP contribution in [0.2, 0.25) is 0 Å². The maximum atomic E-state index is 12.0. The van der Waals surface area contributed by atoms with Crippen molar-refractivity contribution >= 4 is 16.2 Å². The minimum absolute atomic E-state index is 0.559. The molecule has 0 fully saturated rings. The van der Waals surface area contributed by atoms with Crippen molar-refractivity contribution in [2.45, 2.75) is 11.3 Å². The highest BCUT2D eigenvalue weighted by Crippen LogP contribution is 2.26. The molecule has 0 atom stereocenters. The highest BCUT2D eigenvalue weighted by atomic mass is 32.2. The van der Waals surface area contributed by atoms with Gasteiger partial charge in [-0.2, -0.15) is 12.6 Å².